The third-order valence-electron chi connectivity index (χ3n) is 3.11. The van der Waals surface area contributed by atoms with Gasteiger partial charge in [0, 0.05) is 30.1 Å². The number of aromatic nitrogens is 1. The number of benzene rings is 1. The van der Waals surface area contributed by atoms with Crippen LogP contribution < -0.4 is 0 Å². The van der Waals surface area contributed by atoms with Crippen molar-refractivity contribution < 1.29 is 4.79 Å². The summed E-state index contributed by atoms with van der Waals surface area (Å²) in [6.45, 7) is 0. The van der Waals surface area contributed by atoms with Crippen molar-refractivity contribution in [3.63, 3.8) is 0 Å². The maximum absolute atomic E-state index is 12.0. The van der Waals surface area contributed by atoms with Gasteiger partial charge in [-0.1, -0.05) is 24.1 Å². The van der Waals surface area contributed by atoms with Gasteiger partial charge in [-0.05, 0) is 24.8 Å². The maximum Gasteiger partial charge on any atom is 0.238 e. The van der Waals surface area contributed by atoms with Crippen molar-refractivity contribution in [3.05, 3.63) is 36.0 Å². The molecule has 1 aliphatic rings. The van der Waals surface area contributed by atoms with Crippen LogP contribution in [-0.4, -0.2) is 10.4 Å². The van der Waals surface area contributed by atoms with Crippen LogP contribution in [0.2, 0.25) is 0 Å². The molecule has 1 heterocycles. The Morgan fingerprint density at radius 1 is 1.35 bits per heavy atom. The summed E-state index contributed by atoms with van der Waals surface area (Å²) in [5.74, 6) is 6.19. The van der Waals surface area contributed by atoms with E-state index < -0.39 is 0 Å². The van der Waals surface area contributed by atoms with E-state index >= 15 is 0 Å². The van der Waals surface area contributed by atoms with Crippen molar-refractivity contribution in [2.45, 2.75) is 12.8 Å². The zero-order chi connectivity index (χ0) is 11.8. The first-order valence-electron chi connectivity index (χ1n) is 5.85. The Kier molecular flexibility index (Phi) is 2.26. The Morgan fingerprint density at radius 3 is 2.88 bits per heavy atom. The average molecular weight is 223 g/mol. The molecule has 0 bridgehead atoms. The summed E-state index contributed by atoms with van der Waals surface area (Å²) < 4.78 is 1.97. The number of hydrogen-bond donors (Lipinski definition) is 0. The van der Waals surface area contributed by atoms with E-state index in [-0.39, 0.29) is 5.78 Å². The zero-order valence-electron chi connectivity index (χ0n) is 9.73. The maximum atomic E-state index is 12.0. The molecule has 0 N–H and O–H groups in total. The minimum atomic E-state index is -0.0614. The number of Topliss-reactive ketones (excluding diaryl/α,β-unsaturated/α-hetero) is 1. The van der Waals surface area contributed by atoms with Gasteiger partial charge in [0.05, 0.1) is 5.56 Å². The van der Waals surface area contributed by atoms with E-state index in [1.165, 1.54) is 0 Å². The monoisotopic (exact) mass is 223 g/mol. The van der Waals surface area contributed by atoms with Crippen molar-refractivity contribution >= 4 is 16.7 Å². The molecule has 2 heteroatoms. The summed E-state index contributed by atoms with van der Waals surface area (Å²) >= 11 is 0. The van der Waals surface area contributed by atoms with Gasteiger partial charge in [0.15, 0.2) is 0 Å². The molecule has 1 aromatic carbocycles. The van der Waals surface area contributed by atoms with Crippen LogP contribution in [-0.2, 0) is 7.05 Å². The van der Waals surface area contributed by atoms with E-state index in [4.69, 9.17) is 0 Å². The first kappa shape index (κ1) is 10.2. The number of hydrogen-bond acceptors (Lipinski definition) is 1. The van der Waals surface area contributed by atoms with Gasteiger partial charge in [-0.15, -0.1) is 0 Å². The molecular weight excluding hydrogens is 210 g/mol. The molecule has 17 heavy (non-hydrogen) atoms. The van der Waals surface area contributed by atoms with E-state index in [2.05, 4.69) is 11.8 Å². The molecule has 0 radical (unpaired) electrons. The second-order valence-corrected chi connectivity index (χ2v) is 4.54. The van der Waals surface area contributed by atoms with Gasteiger partial charge in [-0.2, -0.15) is 0 Å². The van der Waals surface area contributed by atoms with E-state index in [9.17, 15) is 4.79 Å². The van der Waals surface area contributed by atoms with Crippen LogP contribution in [0, 0.1) is 17.8 Å². The fraction of sp³-hybridized carbons (Fsp3) is 0.267. The van der Waals surface area contributed by atoms with E-state index in [0.29, 0.717) is 5.92 Å². The van der Waals surface area contributed by atoms with Gasteiger partial charge in [-0.25, -0.2) is 0 Å². The van der Waals surface area contributed by atoms with Crippen LogP contribution in [0.15, 0.2) is 30.5 Å². The molecule has 0 atom stereocenters. The second kappa shape index (κ2) is 3.78. The highest BCUT2D eigenvalue weighted by Crippen LogP contribution is 2.27. The Hall–Kier alpha value is -2.01. The summed E-state index contributed by atoms with van der Waals surface area (Å²) in [5, 5.41) is 0.991. The molecule has 1 aromatic heterocycles. The number of fused-ring (bicyclic) bond motifs is 1. The predicted molar refractivity (Wildman–Crippen MR) is 67.7 cm³/mol. The van der Waals surface area contributed by atoms with Gasteiger partial charge in [0.1, 0.15) is 0 Å². The minimum absolute atomic E-state index is 0.0614. The molecule has 0 unspecified atom stereocenters. The van der Waals surface area contributed by atoms with E-state index in [1.807, 2.05) is 42.1 Å². The first-order chi connectivity index (χ1) is 8.25. The molecule has 0 aliphatic heterocycles. The third-order valence-corrected chi connectivity index (χ3v) is 3.11. The Bertz CT molecular complexity index is 650. The fourth-order valence-electron chi connectivity index (χ4n) is 1.99. The molecule has 84 valence electrons. The smallest absolute Gasteiger partial charge is 0.238 e. The summed E-state index contributed by atoms with van der Waals surface area (Å²) in [4.78, 5) is 12.0. The van der Waals surface area contributed by atoms with Gasteiger partial charge < -0.3 is 4.57 Å². The summed E-state index contributed by atoms with van der Waals surface area (Å²) in [7, 11) is 1.95. The normalized spacial score (nSPS) is 14.4. The number of nitrogens with zero attached hydrogens (tertiary/aromatic N) is 1. The molecule has 1 saturated carbocycles. The Labute approximate surface area is 100 Å². The van der Waals surface area contributed by atoms with Crippen molar-refractivity contribution in [2.75, 3.05) is 0 Å². The number of carbonyl (C=O) groups excluding carboxylic acids is 1. The van der Waals surface area contributed by atoms with Gasteiger partial charge in [-0.3, -0.25) is 4.79 Å². The van der Waals surface area contributed by atoms with Gasteiger partial charge in [0.2, 0.25) is 5.78 Å². The van der Waals surface area contributed by atoms with Crippen LogP contribution in [0.4, 0.5) is 0 Å². The minimum Gasteiger partial charge on any atom is -0.350 e. The second-order valence-electron chi connectivity index (χ2n) is 4.54. The lowest BCUT2D eigenvalue weighted by atomic mass is 10.1. The molecule has 0 spiro atoms. The number of rotatable bonds is 1. The fourth-order valence-corrected chi connectivity index (χ4v) is 1.99. The van der Waals surface area contributed by atoms with Crippen molar-refractivity contribution in [1.29, 1.82) is 0 Å². The Balaban J connectivity index is 2.05. The lowest BCUT2D eigenvalue weighted by molar-refractivity contribution is 0.105. The largest absolute Gasteiger partial charge is 0.350 e. The molecule has 1 fully saturated rings. The lowest BCUT2D eigenvalue weighted by Crippen LogP contribution is -1.93. The van der Waals surface area contributed by atoms with Crippen molar-refractivity contribution in [2.24, 2.45) is 13.0 Å². The molecule has 0 amide bonds. The zero-order valence-corrected chi connectivity index (χ0v) is 9.73. The average Bonchev–Trinajstić information content (AvgIpc) is 3.11. The number of aryl methyl sites for hydroxylation is 1. The highest BCUT2D eigenvalue weighted by molar-refractivity contribution is 6.16. The number of ketones is 1. The first-order valence-corrected chi connectivity index (χ1v) is 5.85. The topological polar surface area (TPSA) is 22.0 Å². The highest BCUT2D eigenvalue weighted by atomic mass is 16.1. The molecule has 3 rings (SSSR count). The molecular formula is C15H13NO. The predicted octanol–water partition coefficient (Wildman–Crippen LogP) is 2.77. The number of para-hydroxylation sites is 1. The van der Waals surface area contributed by atoms with Crippen molar-refractivity contribution in [3.8, 4) is 11.8 Å². The van der Waals surface area contributed by atoms with Gasteiger partial charge >= 0.3 is 0 Å². The van der Waals surface area contributed by atoms with Crippen LogP contribution in [0.3, 0.4) is 0 Å². The molecule has 1 aliphatic carbocycles. The van der Waals surface area contributed by atoms with Crippen LogP contribution in [0.1, 0.15) is 23.2 Å². The standard InChI is InChI=1S/C15H13NO/c1-16-10-13(12-4-2-3-5-14(12)16)15(17)9-8-11-6-7-11/h2-5,10-11H,6-7H2,1H3. The molecule has 2 nitrogen and oxygen atoms in total. The third kappa shape index (κ3) is 1.85. The lowest BCUT2D eigenvalue weighted by Gasteiger charge is -1.93. The summed E-state index contributed by atoms with van der Waals surface area (Å²) in [6.07, 6.45) is 4.17. The Morgan fingerprint density at radius 2 is 2.12 bits per heavy atom. The summed E-state index contributed by atoms with van der Waals surface area (Å²) in [5.41, 5.74) is 1.79. The van der Waals surface area contributed by atoms with Crippen LogP contribution >= 0.6 is 0 Å². The SMILES string of the molecule is Cn1cc(C(=O)C#CC2CC2)c2ccccc21. The quantitative estimate of drug-likeness (QED) is 0.414. The summed E-state index contributed by atoms with van der Waals surface area (Å²) in [6, 6.07) is 7.92. The van der Waals surface area contributed by atoms with Crippen molar-refractivity contribution in [1.82, 2.24) is 4.57 Å². The molecule has 0 saturated heterocycles. The van der Waals surface area contributed by atoms with Crippen LogP contribution in [0.25, 0.3) is 10.9 Å². The number of carbonyl (C=O) groups is 1. The van der Waals surface area contributed by atoms with E-state index in [1.54, 1.807) is 0 Å². The molecule has 2 aromatic rings. The van der Waals surface area contributed by atoms with Gasteiger partial charge in [0.25, 0.3) is 0 Å². The van der Waals surface area contributed by atoms with Crippen LogP contribution in [0.5, 0.6) is 0 Å². The highest BCUT2D eigenvalue weighted by Gasteiger charge is 2.18. The van der Waals surface area contributed by atoms with E-state index in [0.717, 1.165) is 29.3 Å².